The molecule has 104 valence electrons. The summed E-state index contributed by atoms with van der Waals surface area (Å²) in [4.78, 5) is 14.0. The fourth-order valence-corrected chi connectivity index (χ4v) is 2.70. The van der Waals surface area contributed by atoms with Gasteiger partial charge in [-0.2, -0.15) is 0 Å². The van der Waals surface area contributed by atoms with Crippen molar-refractivity contribution in [2.24, 2.45) is 0 Å². The summed E-state index contributed by atoms with van der Waals surface area (Å²) < 4.78 is 4.94. The van der Waals surface area contributed by atoms with Gasteiger partial charge in [-0.3, -0.25) is 5.32 Å². The molecule has 0 saturated heterocycles. The molecule has 1 aliphatic carbocycles. The number of aromatic nitrogens is 1. The Labute approximate surface area is 117 Å². The summed E-state index contributed by atoms with van der Waals surface area (Å²) in [5.74, 6) is 1.12. The van der Waals surface area contributed by atoms with Gasteiger partial charge in [0, 0.05) is 13.1 Å². The Balaban J connectivity index is 1.73. The number of amides is 2. The largest absolute Gasteiger partial charge is 0.360 e. The van der Waals surface area contributed by atoms with Crippen LogP contribution in [0.1, 0.15) is 29.3 Å². The molecule has 1 heterocycles. The van der Waals surface area contributed by atoms with Gasteiger partial charge < -0.3 is 9.42 Å². The Morgan fingerprint density at radius 3 is 3.00 bits per heavy atom. The third-order valence-electron chi connectivity index (χ3n) is 3.75. The number of benzene rings is 1. The van der Waals surface area contributed by atoms with Crippen LogP contribution in [-0.2, 0) is 6.42 Å². The smallest absolute Gasteiger partial charge is 0.323 e. The highest BCUT2D eigenvalue weighted by Crippen LogP contribution is 2.34. The fraction of sp³-hybridized carbons (Fsp3) is 0.333. The minimum Gasteiger partial charge on any atom is -0.360 e. The predicted molar refractivity (Wildman–Crippen MR) is 75.5 cm³/mol. The zero-order valence-corrected chi connectivity index (χ0v) is 11.6. The van der Waals surface area contributed by atoms with Gasteiger partial charge in [0.25, 0.3) is 0 Å². The molecule has 5 heteroatoms. The molecule has 0 aliphatic heterocycles. The molecule has 20 heavy (non-hydrogen) atoms. The van der Waals surface area contributed by atoms with Crippen molar-refractivity contribution in [1.29, 1.82) is 0 Å². The Bertz CT molecular complexity index is 636. The third kappa shape index (κ3) is 2.27. The maximum absolute atomic E-state index is 12.3. The van der Waals surface area contributed by atoms with E-state index in [1.165, 1.54) is 11.1 Å². The van der Waals surface area contributed by atoms with Crippen LogP contribution in [0.5, 0.6) is 0 Å². The fourth-order valence-electron chi connectivity index (χ4n) is 2.70. The monoisotopic (exact) mass is 271 g/mol. The van der Waals surface area contributed by atoms with E-state index >= 15 is 0 Å². The highest BCUT2D eigenvalue weighted by molar-refractivity contribution is 5.88. The van der Waals surface area contributed by atoms with Crippen molar-refractivity contribution < 1.29 is 9.32 Å². The summed E-state index contributed by atoms with van der Waals surface area (Å²) in [6.45, 7) is 1.79. The SMILES string of the molecule is Cc1cc(NC(=O)N(C)C2CCc3ccccc32)no1. The van der Waals surface area contributed by atoms with Crippen LogP contribution >= 0.6 is 0 Å². The number of nitrogens with one attached hydrogen (secondary N) is 1. The van der Waals surface area contributed by atoms with Crippen LogP contribution in [0.25, 0.3) is 0 Å². The number of fused-ring (bicyclic) bond motifs is 1. The number of rotatable bonds is 2. The number of carbonyl (C=O) groups excluding carboxylic acids is 1. The Morgan fingerprint density at radius 2 is 2.25 bits per heavy atom. The summed E-state index contributed by atoms with van der Waals surface area (Å²) >= 11 is 0. The lowest BCUT2D eigenvalue weighted by atomic mass is 10.1. The molecule has 1 unspecified atom stereocenters. The number of anilines is 1. The van der Waals surface area contributed by atoms with Crippen molar-refractivity contribution in [2.75, 3.05) is 12.4 Å². The summed E-state index contributed by atoms with van der Waals surface area (Å²) in [7, 11) is 1.81. The van der Waals surface area contributed by atoms with E-state index in [1.54, 1.807) is 17.9 Å². The van der Waals surface area contributed by atoms with Crippen molar-refractivity contribution in [2.45, 2.75) is 25.8 Å². The minimum atomic E-state index is -0.167. The Hall–Kier alpha value is -2.30. The van der Waals surface area contributed by atoms with Gasteiger partial charge in [0.2, 0.25) is 0 Å². The van der Waals surface area contributed by atoms with E-state index in [0.29, 0.717) is 11.6 Å². The number of carbonyl (C=O) groups is 1. The molecule has 0 spiro atoms. The van der Waals surface area contributed by atoms with Crippen molar-refractivity contribution in [1.82, 2.24) is 10.1 Å². The first-order valence-corrected chi connectivity index (χ1v) is 6.70. The van der Waals surface area contributed by atoms with E-state index in [-0.39, 0.29) is 12.1 Å². The molecular weight excluding hydrogens is 254 g/mol. The summed E-state index contributed by atoms with van der Waals surface area (Å²) in [5.41, 5.74) is 2.57. The molecule has 3 rings (SSSR count). The number of hydrogen-bond donors (Lipinski definition) is 1. The minimum absolute atomic E-state index is 0.124. The van der Waals surface area contributed by atoms with E-state index in [0.717, 1.165) is 12.8 Å². The molecule has 0 saturated carbocycles. The molecule has 1 atom stereocenters. The molecule has 5 nitrogen and oxygen atoms in total. The molecule has 0 bridgehead atoms. The van der Waals surface area contributed by atoms with Crippen molar-refractivity contribution >= 4 is 11.8 Å². The molecule has 1 aliphatic rings. The number of aryl methyl sites for hydroxylation is 2. The molecule has 2 amide bonds. The van der Waals surface area contributed by atoms with Crippen molar-refractivity contribution in [3.8, 4) is 0 Å². The van der Waals surface area contributed by atoms with Gasteiger partial charge in [-0.15, -0.1) is 0 Å². The molecule has 1 N–H and O–H groups in total. The standard InChI is InChI=1S/C15H17N3O2/c1-10-9-14(17-20-10)16-15(19)18(2)13-8-7-11-5-3-4-6-12(11)13/h3-6,9,13H,7-8H2,1-2H3,(H,16,17,19). The van der Waals surface area contributed by atoms with E-state index in [4.69, 9.17) is 4.52 Å². The lowest BCUT2D eigenvalue weighted by Crippen LogP contribution is -2.34. The summed E-state index contributed by atoms with van der Waals surface area (Å²) in [6.07, 6.45) is 1.97. The molecule has 1 aromatic heterocycles. The topological polar surface area (TPSA) is 58.4 Å². The normalized spacial score (nSPS) is 16.8. The quantitative estimate of drug-likeness (QED) is 0.912. The van der Waals surface area contributed by atoms with Crippen LogP contribution in [0, 0.1) is 6.92 Å². The Morgan fingerprint density at radius 1 is 1.45 bits per heavy atom. The predicted octanol–water partition coefficient (Wildman–Crippen LogP) is 3.13. The van der Waals surface area contributed by atoms with Crippen LogP contribution < -0.4 is 5.32 Å². The molecule has 0 radical (unpaired) electrons. The van der Waals surface area contributed by atoms with Gasteiger partial charge in [-0.25, -0.2) is 4.79 Å². The second-order valence-electron chi connectivity index (χ2n) is 5.12. The maximum atomic E-state index is 12.3. The van der Waals surface area contributed by atoms with Gasteiger partial charge in [0.1, 0.15) is 5.76 Å². The van der Waals surface area contributed by atoms with Crippen molar-refractivity contribution in [3.63, 3.8) is 0 Å². The van der Waals surface area contributed by atoms with E-state index in [9.17, 15) is 4.79 Å². The molecule has 0 fully saturated rings. The highest BCUT2D eigenvalue weighted by Gasteiger charge is 2.28. The molecule has 2 aromatic rings. The first-order valence-electron chi connectivity index (χ1n) is 6.70. The van der Waals surface area contributed by atoms with Crippen LogP contribution in [-0.4, -0.2) is 23.1 Å². The first kappa shape index (κ1) is 12.7. The Kier molecular flexibility index (Phi) is 3.18. The lowest BCUT2D eigenvalue weighted by Gasteiger charge is -2.25. The average Bonchev–Trinajstić information content (AvgIpc) is 3.04. The van der Waals surface area contributed by atoms with E-state index < -0.39 is 0 Å². The van der Waals surface area contributed by atoms with E-state index in [1.807, 2.05) is 19.2 Å². The van der Waals surface area contributed by atoms with Crippen LogP contribution in [0.2, 0.25) is 0 Å². The number of nitrogens with zero attached hydrogens (tertiary/aromatic N) is 2. The van der Waals surface area contributed by atoms with Gasteiger partial charge in [0.15, 0.2) is 5.82 Å². The van der Waals surface area contributed by atoms with Gasteiger partial charge in [-0.05, 0) is 30.9 Å². The summed E-state index contributed by atoms with van der Waals surface area (Å²) in [5, 5.41) is 6.53. The van der Waals surface area contributed by atoms with Gasteiger partial charge in [-0.1, -0.05) is 29.4 Å². The number of urea groups is 1. The van der Waals surface area contributed by atoms with Crippen LogP contribution in [0.3, 0.4) is 0 Å². The lowest BCUT2D eigenvalue weighted by molar-refractivity contribution is 0.204. The zero-order valence-electron chi connectivity index (χ0n) is 11.6. The van der Waals surface area contributed by atoms with Crippen LogP contribution in [0.15, 0.2) is 34.9 Å². The van der Waals surface area contributed by atoms with Gasteiger partial charge in [0.05, 0.1) is 6.04 Å². The highest BCUT2D eigenvalue weighted by atomic mass is 16.5. The van der Waals surface area contributed by atoms with E-state index in [2.05, 4.69) is 22.6 Å². The number of hydrogen-bond acceptors (Lipinski definition) is 3. The molecule has 1 aromatic carbocycles. The summed E-state index contributed by atoms with van der Waals surface area (Å²) in [6, 6.07) is 9.94. The third-order valence-corrected chi connectivity index (χ3v) is 3.75. The first-order chi connectivity index (χ1) is 9.65. The second kappa shape index (κ2) is 5.00. The molecular formula is C15H17N3O2. The van der Waals surface area contributed by atoms with Crippen LogP contribution in [0.4, 0.5) is 10.6 Å². The second-order valence-corrected chi connectivity index (χ2v) is 5.12. The maximum Gasteiger partial charge on any atom is 0.323 e. The average molecular weight is 271 g/mol. The zero-order chi connectivity index (χ0) is 14.1. The van der Waals surface area contributed by atoms with Gasteiger partial charge >= 0.3 is 6.03 Å². The van der Waals surface area contributed by atoms with Crippen molar-refractivity contribution in [3.05, 3.63) is 47.2 Å².